The summed E-state index contributed by atoms with van der Waals surface area (Å²) in [5.41, 5.74) is 4.37. The smallest absolute Gasteiger partial charge is 0.309 e. The summed E-state index contributed by atoms with van der Waals surface area (Å²) in [5.74, 6) is -0.127. The maximum Gasteiger partial charge on any atom is 0.309 e. The Morgan fingerprint density at radius 3 is 2.57 bits per heavy atom. The second-order valence-electron chi connectivity index (χ2n) is 8.24. The van der Waals surface area contributed by atoms with E-state index in [-0.39, 0.29) is 18.2 Å². The first-order chi connectivity index (χ1) is 14.6. The number of esters is 1. The molecule has 3 aromatic carbocycles. The molecule has 1 aliphatic heterocycles. The number of carbonyl (C=O) groups is 1. The highest BCUT2D eigenvalue weighted by Gasteiger charge is 2.29. The van der Waals surface area contributed by atoms with Crippen LogP contribution >= 0.6 is 0 Å². The van der Waals surface area contributed by atoms with Crippen LogP contribution in [0.15, 0.2) is 60.7 Å². The summed E-state index contributed by atoms with van der Waals surface area (Å²) in [4.78, 5) is 11.7. The van der Waals surface area contributed by atoms with E-state index >= 15 is 0 Å². The molecular formula is C26H23FO3. The van der Waals surface area contributed by atoms with Crippen LogP contribution in [0.25, 0.3) is 28.0 Å². The fourth-order valence-corrected chi connectivity index (χ4v) is 4.35. The van der Waals surface area contributed by atoms with Gasteiger partial charge in [-0.05, 0) is 70.0 Å². The molecule has 1 N–H and O–H groups in total. The number of halogens is 1. The van der Waals surface area contributed by atoms with Gasteiger partial charge in [0.25, 0.3) is 0 Å². The molecule has 0 unspecified atom stereocenters. The first kappa shape index (κ1) is 19.0. The van der Waals surface area contributed by atoms with Crippen molar-refractivity contribution < 1.29 is 19.0 Å². The van der Waals surface area contributed by atoms with Gasteiger partial charge in [-0.1, -0.05) is 48.5 Å². The van der Waals surface area contributed by atoms with E-state index in [0.717, 1.165) is 40.3 Å². The van der Waals surface area contributed by atoms with Crippen molar-refractivity contribution in [2.45, 2.75) is 43.8 Å². The Morgan fingerprint density at radius 2 is 1.83 bits per heavy atom. The lowest BCUT2D eigenvalue weighted by atomic mass is 9.87. The molecule has 0 spiro atoms. The molecule has 1 saturated heterocycles. The number of cyclic esters (lactones) is 1. The monoisotopic (exact) mass is 402 g/mol. The van der Waals surface area contributed by atoms with Crippen LogP contribution in [0.1, 0.15) is 42.7 Å². The normalized spacial score (nSPS) is 21.9. The van der Waals surface area contributed by atoms with Crippen LogP contribution in [0.5, 0.6) is 0 Å². The largest absolute Gasteiger partial charge is 0.458 e. The van der Waals surface area contributed by atoms with Crippen molar-refractivity contribution in [2.75, 3.05) is 0 Å². The zero-order valence-corrected chi connectivity index (χ0v) is 16.6. The average molecular weight is 402 g/mol. The van der Waals surface area contributed by atoms with Crippen molar-refractivity contribution >= 4 is 22.8 Å². The molecule has 0 radical (unpaired) electrons. The van der Waals surface area contributed by atoms with Crippen molar-refractivity contribution in [3.63, 3.8) is 0 Å². The quantitative estimate of drug-likeness (QED) is 0.578. The SMILES string of the molecule is O=C1C[C@H](O)C[C@@H](/C=C/c2c(C3CC3)cc3ccccc3c2-c2ccc(F)cc2)O1. The maximum absolute atomic E-state index is 13.6. The number of ether oxygens (including phenoxy) is 1. The third kappa shape index (κ3) is 3.75. The van der Waals surface area contributed by atoms with Gasteiger partial charge in [-0.25, -0.2) is 4.39 Å². The number of hydrogen-bond donors (Lipinski definition) is 1. The van der Waals surface area contributed by atoms with Crippen molar-refractivity contribution in [2.24, 2.45) is 0 Å². The fourth-order valence-electron chi connectivity index (χ4n) is 4.35. The van der Waals surface area contributed by atoms with Gasteiger partial charge in [-0.15, -0.1) is 0 Å². The van der Waals surface area contributed by atoms with Crippen molar-refractivity contribution in [3.05, 3.63) is 77.6 Å². The molecule has 3 aromatic rings. The zero-order chi connectivity index (χ0) is 20.7. The van der Waals surface area contributed by atoms with Crippen LogP contribution in [-0.2, 0) is 9.53 Å². The van der Waals surface area contributed by atoms with Gasteiger partial charge in [0, 0.05) is 6.42 Å². The molecule has 0 bridgehead atoms. The first-order valence-corrected chi connectivity index (χ1v) is 10.5. The van der Waals surface area contributed by atoms with Crippen LogP contribution in [0, 0.1) is 5.82 Å². The third-order valence-corrected chi connectivity index (χ3v) is 5.94. The molecule has 30 heavy (non-hydrogen) atoms. The highest BCUT2D eigenvalue weighted by Crippen LogP contribution is 2.47. The van der Waals surface area contributed by atoms with Crippen molar-refractivity contribution in [3.8, 4) is 11.1 Å². The summed E-state index contributed by atoms with van der Waals surface area (Å²) < 4.78 is 19.0. The predicted molar refractivity (Wildman–Crippen MR) is 115 cm³/mol. The second kappa shape index (κ2) is 7.69. The third-order valence-electron chi connectivity index (χ3n) is 5.94. The molecule has 2 atom stereocenters. The Kier molecular flexibility index (Phi) is 4.87. The van der Waals surface area contributed by atoms with E-state index in [1.807, 2.05) is 36.4 Å². The lowest BCUT2D eigenvalue weighted by Gasteiger charge is -2.24. The molecule has 1 heterocycles. The average Bonchev–Trinajstić information content (AvgIpc) is 3.57. The van der Waals surface area contributed by atoms with Gasteiger partial charge < -0.3 is 9.84 Å². The van der Waals surface area contributed by atoms with E-state index in [1.165, 1.54) is 17.7 Å². The van der Waals surface area contributed by atoms with Crippen molar-refractivity contribution in [1.82, 2.24) is 0 Å². The summed E-state index contributed by atoms with van der Waals surface area (Å²) in [6.45, 7) is 0. The molecule has 2 aliphatic rings. The van der Waals surface area contributed by atoms with Gasteiger partial charge in [-0.2, -0.15) is 0 Å². The number of benzene rings is 3. The van der Waals surface area contributed by atoms with E-state index in [2.05, 4.69) is 18.2 Å². The van der Waals surface area contributed by atoms with Crippen LogP contribution in [0.4, 0.5) is 4.39 Å². The summed E-state index contributed by atoms with van der Waals surface area (Å²) in [5, 5.41) is 12.2. The molecule has 1 saturated carbocycles. The van der Waals surface area contributed by atoms with Gasteiger partial charge in [0.1, 0.15) is 11.9 Å². The molecular weight excluding hydrogens is 379 g/mol. The minimum absolute atomic E-state index is 0.0501. The van der Waals surface area contributed by atoms with Crippen LogP contribution in [-0.4, -0.2) is 23.3 Å². The minimum Gasteiger partial charge on any atom is -0.458 e. The van der Waals surface area contributed by atoms with Crippen LogP contribution < -0.4 is 0 Å². The maximum atomic E-state index is 13.6. The molecule has 1 aliphatic carbocycles. The fraction of sp³-hybridized carbons (Fsp3) is 0.269. The second-order valence-corrected chi connectivity index (χ2v) is 8.24. The highest BCUT2D eigenvalue weighted by molar-refractivity contribution is 6.02. The Hall–Kier alpha value is -2.98. The van der Waals surface area contributed by atoms with Gasteiger partial charge in [0.2, 0.25) is 0 Å². The molecule has 152 valence electrons. The molecule has 0 amide bonds. The summed E-state index contributed by atoms with van der Waals surface area (Å²) in [7, 11) is 0. The minimum atomic E-state index is -0.669. The Balaban J connectivity index is 1.68. The Labute approximate surface area is 174 Å². The van der Waals surface area contributed by atoms with E-state index in [0.29, 0.717) is 12.3 Å². The summed E-state index contributed by atoms with van der Waals surface area (Å²) in [6, 6.07) is 17.1. The van der Waals surface area contributed by atoms with E-state index in [1.54, 1.807) is 0 Å². The number of fused-ring (bicyclic) bond motifs is 1. The van der Waals surface area contributed by atoms with Crippen LogP contribution in [0.2, 0.25) is 0 Å². The number of carbonyl (C=O) groups excluding carboxylic acids is 1. The van der Waals surface area contributed by atoms with E-state index in [9.17, 15) is 14.3 Å². The van der Waals surface area contributed by atoms with Gasteiger partial charge in [0.15, 0.2) is 0 Å². The molecule has 0 aromatic heterocycles. The van der Waals surface area contributed by atoms with Gasteiger partial charge >= 0.3 is 5.97 Å². The molecule has 3 nitrogen and oxygen atoms in total. The topological polar surface area (TPSA) is 46.5 Å². The standard InChI is InChI=1S/C26H23FO3/c27-19-9-7-17(8-10-19)26-22-4-2-1-3-18(22)13-24(16-5-6-16)23(26)12-11-21-14-20(28)15-25(29)30-21/h1-4,7-13,16,20-21,28H,5-6,14-15H2/b12-11+/t20-,21-/m1/s1. The molecule has 4 heteroatoms. The highest BCUT2D eigenvalue weighted by atomic mass is 19.1. The molecule has 5 rings (SSSR count). The summed E-state index contributed by atoms with van der Waals surface area (Å²) in [6.07, 6.45) is 5.54. The van der Waals surface area contributed by atoms with E-state index in [4.69, 9.17) is 4.74 Å². The number of aliphatic hydroxyl groups excluding tert-OH is 1. The Bertz CT molecular complexity index is 1130. The summed E-state index contributed by atoms with van der Waals surface area (Å²) >= 11 is 0. The molecule has 2 fully saturated rings. The Morgan fingerprint density at radius 1 is 1.07 bits per heavy atom. The zero-order valence-electron chi connectivity index (χ0n) is 16.6. The predicted octanol–water partition coefficient (Wildman–Crippen LogP) is 5.60. The number of aliphatic hydroxyl groups is 1. The lowest BCUT2D eigenvalue weighted by molar-refractivity contribution is -0.156. The first-order valence-electron chi connectivity index (χ1n) is 10.5. The lowest BCUT2D eigenvalue weighted by Crippen LogP contribution is -2.31. The van der Waals surface area contributed by atoms with Gasteiger partial charge in [0.05, 0.1) is 12.5 Å². The number of hydrogen-bond acceptors (Lipinski definition) is 3. The van der Waals surface area contributed by atoms with Crippen LogP contribution in [0.3, 0.4) is 0 Å². The van der Waals surface area contributed by atoms with E-state index < -0.39 is 12.2 Å². The number of rotatable bonds is 4. The van der Waals surface area contributed by atoms with Crippen molar-refractivity contribution in [1.29, 1.82) is 0 Å². The van der Waals surface area contributed by atoms with Gasteiger partial charge in [-0.3, -0.25) is 4.79 Å².